The fourth-order valence-electron chi connectivity index (χ4n) is 5.42. The number of ether oxygens (including phenoxy) is 3. The van der Waals surface area contributed by atoms with Gasteiger partial charge < -0.3 is 29.1 Å². The summed E-state index contributed by atoms with van der Waals surface area (Å²) in [7, 11) is 0. The molecule has 0 aliphatic carbocycles. The molecule has 3 aliphatic heterocycles. The van der Waals surface area contributed by atoms with E-state index in [4.69, 9.17) is 25.8 Å². The minimum atomic E-state index is -2.95. The number of morpholine rings is 1. The highest BCUT2D eigenvalue weighted by molar-refractivity contribution is 7.13. The lowest BCUT2D eigenvalue weighted by Crippen LogP contribution is -2.68. The van der Waals surface area contributed by atoms with E-state index in [2.05, 4.69) is 24.8 Å². The van der Waals surface area contributed by atoms with E-state index in [0.717, 1.165) is 5.69 Å². The number of aliphatic carboxylic acids is 1. The van der Waals surface area contributed by atoms with Crippen molar-refractivity contribution in [3.63, 3.8) is 0 Å². The van der Waals surface area contributed by atoms with E-state index in [-0.39, 0.29) is 30.5 Å². The van der Waals surface area contributed by atoms with Crippen molar-refractivity contribution in [1.29, 1.82) is 0 Å². The van der Waals surface area contributed by atoms with Gasteiger partial charge in [0, 0.05) is 36.3 Å². The molecule has 41 heavy (non-hydrogen) atoms. The Morgan fingerprint density at radius 3 is 2.73 bits per heavy atom. The zero-order valence-electron chi connectivity index (χ0n) is 22.2. The van der Waals surface area contributed by atoms with Crippen LogP contribution in [0, 0.1) is 6.92 Å². The smallest absolute Gasteiger partial charge is 0.326 e. The van der Waals surface area contributed by atoms with E-state index in [1.165, 1.54) is 28.5 Å². The van der Waals surface area contributed by atoms with Gasteiger partial charge in [-0.1, -0.05) is 11.6 Å². The van der Waals surface area contributed by atoms with Gasteiger partial charge in [0.05, 0.1) is 37.4 Å². The lowest BCUT2D eigenvalue weighted by Gasteiger charge is -2.53. The molecule has 3 atom stereocenters. The van der Waals surface area contributed by atoms with Crippen LogP contribution in [0.15, 0.2) is 23.7 Å². The summed E-state index contributed by atoms with van der Waals surface area (Å²) < 4.78 is 45.4. The Morgan fingerprint density at radius 1 is 1.27 bits per heavy atom. The van der Waals surface area contributed by atoms with Crippen LogP contribution in [-0.4, -0.2) is 87.7 Å². The van der Waals surface area contributed by atoms with Gasteiger partial charge in [-0.25, -0.2) is 33.5 Å². The molecule has 11 nitrogen and oxygen atoms in total. The van der Waals surface area contributed by atoms with Crippen LogP contribution >= 0.6 is 22.9 Å². The van der Waals surface area contributed by atoms with Gasteiger partial charge in [-0.15, -0.1) is 11.3 Å². The van der Waals surface area contributed by atoms with E-state index in [0.29, 0.717) is 48.0 Å². The Labute approximate surface area is 243 Å². The summed E-state index contributed by atoms with van der Waals surface area (Å²) in [5.41, 5.74) is 1.15. The second-order valence-electron chi connectivity index (χ2n) is 10.3. The predicted octanol–water partition coefficient (Wildman–Crippen LogP) is 4.00. The molecule has 3 saturated heterocycles. The van der Waals surface area contributed by atoms with Gasteiger partial charge in [0.1, 0.15) is 40.0 Å². The molecule has 1 N–H and O–H groups in total. The first kappa shape index (κ1) is 27.9. The van der Waals surface area contributed by atoms with Crippen LogP contribution in [0.4, 0.5) is 20.3 Å². The number of hydrogen-bond donors (Lipinski definition) is 1. The number of carbonyl (C=O) groups is 1. The van der Waals surface area contributed by atoms with Crippen molar-refractivity contribution in [3.05, 3.63) is 40.3 Å². The number of rotatable bonds is 7. The molecule has 0 unspecified atom stereocenters. The van der Waals surface area contributed by atoms with E-state index < -0.39 is 36.0 Å². The highest BCUT2D eigenvalue weighted by Crippen LogP contribution is 2.40. The topological polar surface area (TPSA) is 123 Å². The fourth-order valence-corrected chi connectivity index (χ4v) is 6.33. The van der Waals surface area contributed by atoms with Crippen LogP contribution in [-0.2, 0) is 14.3 Å². The Bertz CT molecular complexity index is 1460. The van der Waals surface area contributed by atoms with E-state index in [1.54, 1.807) is 18.4 Å². The molecule has 6 heterocycles. The summed E-state index contributed by atoms with van der Waals surface area (Å²) in [6, 6.07) is 2.13. The van der Waals surface area contributed by atoms with E-state index in [1.807, 2.05) is 6.92 Å². The van der Waals surface area contributed by atoms with Crippen molar-refractivity contribution in [2.24, 2.45) is 0 Å². The number of aromatic nitrogens is 4. The van der Waals surface area contributed by atoms with Crippen molar-refractivity contribution in [1.82, 2.24) is 19.9 Å². The number of anilines is 2. The minimum absolute atomic E-state index is 0.0545. The largest absolute Gasteiger partial charge is 0.480 e. The molecule has 0 radical (unpaired) electrons. The fraction of sp³-hybridized carbons (Fsp3) is 0.500. The van der Waals surface area contributed by atoms with Gasteiger partial charge in [-0.05, 0) is 19.9 Å². The van der Waals surface area contributed by atoms with Crippen LogP contribution in [0.1, 0.15) is 31.3 Å². The minimum Gasteiger partial charge on any atom is -0.480 e. The van der Waals surface area contributed by atoms with Crippen molar-refractivity contribution >= 4 is 40.4 Å². The zero-order chi connectivity index (χ0) is 28.9. The summed E-state index contributed by atoms with van der Waals surface area (Å²) in [5, 5.41) is 12.7. The average molecular weight is 609 g/mol. The molecule has 0 saturated carbocycles. The maximum atomic E-state index is 13.8. The number of halogens is 3. The first-order valence-electron chi connectivity index (χ1n) is 13.0. The zero-order valence-corrected chi connectivity index (χ0v) is 23.7. The molecule has 0 aromatic carbocycles. The molecule has 0 bridgehead atoms. The van der Waals surface area contributed by atoms with Gasteiger partial charge in [0.2, 0.25) is 5.88 Å². The maximum absolute atomic E-state index is 13.8. The quantitative estimate of drug-likeness (QED) is 0.419. The lowest BCUT2D eigenvalue weighted by molar-refractivity contribution is -0.228. The summed E-state index contributed by atoms with van der Waals surface area (Å²) >= 11 is 7.59. The van der Waals surface area contributed by atoms with Crippen LogP contribution in [0.2, 0.25) is 5.02 Å². The normalized spacial score (nSPS) is 23.7. The van der Waals surface area contributed by atoms with Crippen molar-refractivity contribution in [2.75, 3.05) is 42.7 Å². The molecule has 3 aromatic rings. The van der Waals surface area contributed by atoms with Crippen LogP contribution in [0.5, 0.6) is 5.88 Å². The van der Waals surface area contributed by atoms with Gasteiger partial charge >= 0.3 is 5.97 Å². The Balaban J connectivity index is 1.29. The highest BCUT2D eigenvalue weighted by atomic mass is 35.5. The monoisotopic (exact) mass is 608 g/mol. The summed E-state index contributed by atoms with van der Waals surface area (Å²) in [6.45, 7) is 5.93. The molecule has 3 fully saturated rings. The predicted molar refractivity (Wildman–Crippen MR) is 146 cm³/mol. The number of carboxylic acids is 1. The summed E-state index contributed by atoms with van der Waals surface area (Å²) in [4.78, 5) is 32.7. The van der Waals surface area contributed by atoms with Crippen molar-refractivity contribution in [3.8, 4) is 16.6 Å². The van der Waals surface area contributed by atoms with E-state index in [9.17, 15) is 18.7 Å². The number of nitrogens with zero attached hydrogens (tertiary/aromatic N) is 6. The molecule has 218 valence electrons. The van der Waals surface area contributed by atoms with E-state index >= 15 is 0 Å². The van der Waals surface area contributed by atoms with Gasteiger partial charge in [-0.3, -0.25) is 0 Å². The number of hydrogen-bond acceptors (Lipinski definition) is 11. The second kappa shape index (κ2) is 10.9. The first-order chi connectivity index (χ1) is 19.6. The number of thiazole rings is 1. The Morgan fingerprint density at radius 2 is 2.07 bits per heavy atom. The maximum Gasteiger partial charge on any atom is 0.326 e. The first-order valence-corrected chi connectivity index (χ1v) is 14.3. The third-order valence-electron chi connectivity index (χ3n) is 7.64. The standard InChI is InChI=1S/C26H27ClF2N6O5S/c1-13-10-41-24(31-13)17-7-20(33-22(32-17)21(28)29)35-9-16(6-19(35)25(36)37)40-23-18(5-15(27)8-30-23)34-3-4-39-26(14(34)2)11-38-12-26/h5,7-8,10,14,16,19,21H,3-4,6,9,11-12H2,1-2H3,(H,36,37)/t14-,16-,19-/m0/s1. The van der Waals surface area contributed by atoms with Crippen molar-refractivity contribution in [2.45, 2.75) is 50.5 Å². The summed E-state index contributed by atoms with van der Waals surface area (Å²) in [5.74, 6) is -1.47. The molecule has 3 aliphatic rings. The van der Waals surface area contributed by atoms with Crippen LogP contribution < -0.4 is 14.5 Å². The van der Waals surface area contributed by atoms with Crippen LogP contribution in [0.3, 0.4) is 0 Å². The molecular weight excluding hydrogens is 582 g/mol. The molecule has 3 aromatic heterocycles. The number of aryl methyl sites for hydroxylation is 1. The second-order valence-corrected chi connectivity index (χ2v) is 11.6. The number of alkyl halides is 2. The van der Waals surface area contributed by atoms with Gasteiger partial charge in [0.15, 0.2) is 5.82 Å². The Hall–Kier alpha value is -3.20. The third-order valence-corrected chi connectivity index (χ3v) is 8.82. The number of pyridine rings is 1. The van der Waals surface area contributed by atoms with Crippen LogP contribution in [0.25, 0.3) is 10.7 Å². The average Bonchev–Trinajstić information content (AvgIpc) is 3.55. The third kappa shape index (κ3) is 5.29. The molecule has 15 heteroatoms. The SMILES string of the molecule is Cc1csc(-c2cc(N3C[C@@H](Oc4ncc(Cl)cc4N4CCOC5(COC5)[C@@H]4C)C[C@H]3C(=O)O)nc(C(F)F)n2)n1. The van der Waals surface area contributed by atoms with Gasteiger partial charge in [-0.2, -0.15) is 0 Å². The Kier molecular flexibility index (Phi) is 7.42. The highest BCUT2D eigenvalue weighted by Gasteiger charge is 2.50. The lowest BCUT2D eigenvalue weighted by atomic mass is 9.90. The molecule has 0 amide bonds. The molecular formula is C26H27ClF2N6O5S. The number of carboxylic acid groups (broad SMARTS) is 1. The van der Waals surface area contributed by atoms with Gasteiger partial charge in [0.25, 0.3) is 6.43 Å². The summed E-state index contributed by atoms with van der Waals surface area (Å²) in [6.07, 6.45) is -2.03. The molecule has 1 spiro atoms. The molecule has 6 rings (SSSR count). The van der Waals surface area contributed by atoms with Crippen molar-refractivity contribution < 1.29 is 32.9 Å².